The van der Waals surface area contributed by atoms with Crippen LogP contribution in [0.5, 0.6) is 0 Å². The zero-order valence-electron chi connectivity index (χ0n) is 18.3. The number of anilines is 1. The zero-order valence-corrected chi connectivity index (χ0v) is 19.2. The first kappa shape index (κ1) is 22.5. The van der Waals surface area contributed by atoms with E-state index in [2.05, 4.69) is 37.7 Å². The predicted octanol–water partition coefficient (Wildman–Crippen LogP) is 5.57. The highest BCUT2D eigenvalue weighted by Crippen LogP contribution is 2.30. The average Bonchev–Trinajstić information content (AvgIpc) is 3.37. The first-order valence-corrected chi connectivity index (χ1v) is 11.6. The van der Waals surface area contributed by atoms with E-state index in [1.54, 1.807) is 35.9 Å². The van der Waals surface area contributed by atoms with Crippen LogP contribution < -0.4 is 10.6 Å². The molecular weight excluding hydrogens is 468 g/mol. The number of carbonyl (C=O) groups excluding carboxylic acids is 1. The van der Waals surface area contributed by atoms with Gasteiger partial charge in [0.1, 0.15) is 12.1 Å². The van der Waals surface area contributed by atoms with Crippen LogP contribution in [-0.2, 0) is 13.1 Å². The SMILES string of the molecule is O=C(NCc1ccc(F)c(F)c1)c1cccnc1NCc1ccc(-c2ccc3ncncc3c2)s1. The molecule has 0 bridgehead atoms. The second kappa shape index (κ2) is 9.94. The topological polar surface area (TPSA) is 79.8 Å². The number of aromatic nitrogens is 3. The molecule has 0 fully saturated rings. The highest BCUT2D eigenvalue weighted by molar-refractivity contribution is 7.15. The minimum absolute atomic E-state index is 0.0649. The lowest BCUT2D eigenvalue weighted by Crippen LogP contribution is -2.24. The number of nitrogens with zero attached hydrogens (tertiary/aromatic N) is 3. The van der Waals surface area contributed by atoms with E-state index < -0.39 is 11.6 Å². The normalized spacial score (nSPS) is 10.9. The maximum atomic E-state index is 13.4. The Labute approximate surface area is 203 Å². The van der Waals surface area contributed by atoms with Gasteiger partial charge in [0.25, 0.3) is 5.91 Å². The molecule has 9 heteroatoms. The van der Waals surface area contributed by atoms with Crippen LogP contribution in [0.15, 0.2) is 79.4 Å². The summed E-state index contributed by atoms with van der Waals surface area (Å²) >= 11 is 1.64. The fourth-order valence-electron chi connectivity index (χ4n) is 3.59. The van der Waals surface area contributed by atoms with Gasteiger partial charge in [0.05, 0.1) is 17.6 Å². The first-order valence-electron chi connectivity index (χ1n) is 10.8. The fraction of sp³-hybridized carbons (Fsp3) is 0.0769. The van der Waals surface area contributed by atoms with E-state index >= 15 is 0 Å². The number of rotatable bonds is 7. The highest BCUT2D eigenvalue weighted by Gasteiger charge is 2.13. The fourth-order valence-corrected chi connectivity index (χ4v) is 4.54. The lowest BCUT2D eigenvalue weighted by Gasteiger charge is -2.11. The Balaban J connectivity index is 1.25. The molecule has 6 nitrogen and oxygen atoms in total. The Morgan fingerprint density at radius 1 is 0.943 bits per heavy atom. The van der Waals surface area contributed by atoms with Gasteiger partial charge in [0.15, 0.2) is 11.6 Å². The maximum absolute atomic E-state index is 13.4. The van der Waals surface area contributed by atoms with Crippen molar-refractivity contribution in [2.75, 3.05) is 5.32 Å². The molecule has 1 amide bonds. The van der Waals surface area contributed by atoms with Crippen molar-refractivity contribution in [3.05, 3.63) is 107 Å². The summed E-state index contributed by atoms with van der Waals surface area (Å²) in [5.74, 6) is -1.80. The maximum Gasteiger partial charge on any atom is 0.255 e. The molecule has 35 heavy (non-hydrogen) atoms. The Morgan fingerprint density at radius 2 is 1.86 bits per heavy atom. The molecular formula is C26H19F2N5OS. The molecule has 2 aromatic carbocycles. The summed E-state index contributed by atoms with van der Waals surface area (Å²) in [6, 6.07) is 17.0. The smallest absolute Gasteiger partial charge is 0.255 e. The van der Waals surface area contributed by atoms with Crippen molar-refractivity contribution in [2.45, 2.75) is 13.1 Å². The Kier molecular flexibility index (Phi) is 6.40. The van der Waals surface area contributed by atoms with E-state index in [0.717, 1.165) is 38.4 Å². The Hall–Kier alpha value is -4.24. The zero-order chi connectivity index (χ0) is 24.2. The number of halogens is 2. The van der Waals surface area contributed by atoms with Crippen LogP contribution in [0.4, 0.5) is 14.6 Å². The molecule has 0 aliphatic heterocycles. The van der Waals surface area contributed by atoms with Gasteiger partial charge >= 0.3 is 0 Å². The first-order chi connectivity index (χ1) is 17.1. The molecule has 3 aromatic heterocycles. The summed E-state index contributed by atoms with van der Waals surface area (Å²) in [7, 11) is 0. The number of pyridine rings is 1. The summed E-state index contributed by atoms with van der Waals surface area (Å²) in [6.45, 7) is 0.553. The molecule has 0 unspecified atom stereocenters. The number of thiophene rings is 1. The summed E-state index contributed by atoms with van der Waals surface area (Å²) in [4.78, 5) is 27.6. The molecule has 0 radical (unpaired) electrons. The largest absolute Gasteiger partial charge is 0.365 e. The van der Waals surface area contributed by atoms with E-state index in [-0.39, 0.29) is 12.5 Å². The van der Waals surface area contributed by atoms with E-state index in [1.807, 2.05) is 18.2 Å². The van der Waals surface area contributed by atoms with Crippen LogP contribution in [0, 0.1) is 11.6 Å². The summed E-state index contributed by atoms with van der Waals surface area (Å²) in [5.41, 5.74) is 2.80. The van der Waals surface area contributed by atoms with Crippen LogP contribution in [0.1, 0.15) is 20.8 Å². The molecule has 0 spiro atoms. The van der Waals surface area contributed by atoms with Crippen LogP contribution >= 0.6 is 11.3 Å². The van der Waals surface area contributed by atoms with Gasteiger partial charge in [0.2, 0.25) is 0 Å². The van der Waals surface area contributed by atoms with Gasteiger partial charge in [-0.2, -0.15) is 0 Å². The van der Waals surface area contributed by atoms with E-state index in [4.69, 9.17) is 0 Å². The Morgan fingerprint density at radius 3 is 2.74 bits per heavy atom. The van der Waals surface area contributed by atoms with Crippen molar-refractivity contribution in [1.82, 2.24) is 20.3 Å². The Bertz CT molecular complexity index is 1520. The lowest BCUT2D eigenvalue weighted by atomic mass is 10.1. The standard InChI is InChI=1S/C26H19F2N5OS/c27-21-6-3-16(10-22(21)28)12-32-26(34)20-2-1-9-30-25(20)31-14-19-5-8-24(35-19)17-4-7-23-18(11-17)13-29-15-33-23/h1-11,13,15H,12,14H2,(H,30,31)(H,32,34). The lowest BCUT2D eigenvalue weighted by molar-refractivity contribution is 0.0951. The molecule has 0 saturated carbocycles. The van der Waals surface area contributed by atoms with Crippen molar-refractivity contribution in [1.29, 1.82) is 0 Å². The van der Waals surface area contributed by atoms with Gasteiger partial charge in [0, 0.05) is 34.1 Å². The van der Waals surface area contributed by atoms with Crippen molar-refractivity contribution >= 4 is 34.0 Å². The number of amides is 1. The van der Waals surface area contributed by atoms with E-state index in [1.165, 1.54) is 12.4 Å². The summed E-state index contributed by atoms with van der Waals surface area (Å²) in [6.07, 6.45) is 4.93. The minimum atomic E-state index is -0.951. The monoisotopic (exact) mass is 487 g/mol. The molecule has 0 saturated heterocycles. The average molecular weight is 488 g/mol. The minimum Gasteiger partial charge on any atom is -0.365 e. The van der Waals surface area contributed by atoms with Crippen LogP contribution in [0.3, 0.4) is 0 Å². The molecule has 0 aliphatic rings. The van der Waals surface area contributed by atoms with Crippen molar-refractivity contribution < 1.29 is 13.6 Å². The summed E-state index contributed by atoms with van der Waals surface area (Å²) in [5, 5.41) is 6.93. The summed E-state index contributed by atoms with van der Waals surface area (Å²) < 4.78 is 26.5. The number of hydrogen-bond acceptors (Lipinski definition) is 6. The number of nitrogens with one attached hydrogen (secondary N) is 2. The van der Waals surface area contributed by atoms with Crippen molar-refractivity contribution in [3.63, 3.8) is 0 Å². The van der Waals surface area contributed by atoms with Crippen LogP contribution in [0.25, 0.3) is 21.3 Å². The van der Waals surface area contributed by atoms with Gasteiger partial charge < -0.3 is 10.6 Å². The third kappa shape index (κ3) is 5.15. The van der Waals surface area contributed by atoms with Gasteiger partial charge in [-0.25, -0.2) is 23.7 Å². The highest BCUT2D eigenvalue weighted by atomic mass is 32.1. The number of hydrogen-bond donors (Lipinski definition) is 2. The molecule has 0 atom stereocenters. The van der Waals surface area contributed by atoms with Crippen LogP contribution in [-0.4, -0.2) is 20.9 Å². The third-order valence-electron chi connectivity index (χ3n) is 5.37. The van der Waals surface area contributed by atoms with Gasteiger partial charge in [-0.3, -0.25) is 4.79 Å². The van der Waals surface area contributed by atoms with Gasteiger partial charge in [-0.15, -0.1) is 11.3 Å². The number of fused-ring (bicyclic) bond motifs is 1. The second-order valence-corrected chi connectivity index (χ2v) is 8.91. The number of carbonyl (C=O) groups is 1. The quantitative estimate of drug-likeness (QED) is 0.314. The van der Waals surface area contributed by atoms with Gasteiger partial charge in [-0.1, -0.05) is 12.1 Å². The molecule has 174 valence electrons. The molecule has 2 N–H and O–H groups in total. The van der Waals surface area contributed by atoms with Crippen molar-refractivity contribution in [2.24, 2.45) is 0 Å². The van der Waals surface area contributed by atoms with E-state index in [0.29, 0.717) is 23.5 Å². The molecule has 0 aliphatic carbocycles. The van der Waals surface area contributed by atoms with Gasteiger partial charge in [-0.05, 0) is 59.7 Å². The molecule has 5 rings (SSSR count). The predicted molar refractivity (Wildman–Crippen MR) is 132 cm³/mol. The third-order valence-corrected chi connectivity index (χ3v) is 6.50. The van der Waals surface area contributed by atoms with Crippen molar-refractivity contribution in [3.8, 4) is 10.4 Å². The number of benzene rings is 2. The van der Waals surface area contributed by atoms with Crippen LogP contribution in [0.2, 0.25) is 0 Å². The molecule has 5 aromatic rings. The van der Waals surface area contributed by atoms with E-state index in [9.17, 15) is 13.6 Å². The molecule has 3 heterocycles. The second-order valence-electron chi connectivity index (χ2n) is 7.75.